The summed E-state index contributed by atoms with van der Waals surface area (Å²) in [5, 5.41) is 0.687. The summed E-state index contributed by atoms with van der Waals surface area (Å²) < 4.78 is 0. The molecule has 0 spiro atoms. The van der Waals surface area contributed by atoms with Crippen LogP contribution in [0.5, 0.6) is 0 Å². The average molecular weight is 451 g/mol. The molecule has 6 rings (SSSR count). The molecule has 1 amide bonds. The van der Waals surface area contributed by atoms with Gasteiger partial charge < -0.3 is 20.6 Å². The lowest BCUT2D eigenvalue weighted by atomic mass is 10.1. The van der Waals surface area contributed by atoms with Gasteiger partial charge in [0.05, 0.1) is 28.5 Å². The minimum atomic E-state index is -0.329. The molecule has 8 nitrogen and oxygen atoms in total. The highest BCUT2D eigenvalue weighted by molar-refractivity contribution is 6.05. The first-order chi connectivity index (χ1) is 16.6. The molecule has 8 heteroatoms. The van der Waals surface area contributed by atoms with Crippen molar-refractivity contribution in [3.8, 4) is 11.4 Å². The zero-order chi connectivity index (χ0) is 23.2. The van der Waals surface area contributed by atoms with Gasteiger partial charge in [0.15, 0.2) is 5.69 Å². The fraction of sp³-hybridized carbons (Fsp3) is 0.154. The molecule has 1 unspecified atom stereocenters. The van der Waals surface area contributed by atoms with Crippen molar-refractivity contribution in [3.05, 3.63) is 88.5 Å². The summed E-state index contributed by atoms with van der Waals surface area (Å²) in [5.74, 6) is -0.0444. The van der Waals surface area contributed by atoms with Gasteiger partial charge in [-0.1, -0.05) is 18.2 Å². The standard InChI is InChI=1S/C26H22N6O2/c27-22-17-13-15(26(34)32-12-4-8-21(32)16-5-3-11-28-14-16)9-10-18(17)29-23(22)24-25(33)31-20-7-2-1-6-19(20)30-24/h1-3,5-7,9-11,13-14,21,29H,4,8,12,27H2,(H,31,33). The van der Waals surface area contributed by atoms with Gasteiger partial charge in [-0.15, -0.1) is 0 Å². The number of H-pyrrole nitrogens is 2. The third-order valence-electron chi connectivity index (χ3n) is 6.50. The second kappa shape index (κ2) is 7.84. The van der Waals surface area contributed by atoms with Crippen molar-refractivity contribution in [2.24, 2.45) is 0 Å². The Morgan fingerprint density at radius 1 is 1.06 bits per heavy atom. The SMILES string of the molecule is Nc1c(-c2nc3ccccc3[nH]c2=O)[nH]c2ccc(C(=O)N3CCCC3c3cccnc3)cc12. The van der Waals surface area contributed by atoms with Crippen molar-refractivity contribution in [1.82, 2.24) is 24.8 Å². The third-order valence-corrected chi connectivity index (χ3v) is 6.50. The first-order valence-electron chi connectivity index (χ1n) is 11.2. The zero-order valence-electron chi connectivity index (χ0n) is 18.3. The smallest absolute Gasteiger partial charge is 0.276 e. The van der Waals surface area contributed by atoms with Crippen molar-refractivity contribution in [1.29, 1.82) is 0 Å². The van der Waals surface area contributed by atoms with Gasteiger partial charge in [-0.25, -0.2) is 4.98 Å². The Kier molecular flexibility index (Phi) is 4.65. The van der Waals surface area contributed by atoms with Gasteiger partial charge >= 0.3 is 0 Å². The summed E-state index contributed by atoms with van der Waals surface area (Å²) in [6, 6.07) is 16.7. The number of likely N-dealkylation sites (tertiary alicyclic amines) is 1. The number of benzene rings is 2. The minimum absolute atomic E-state index is 0.0105. The van der Waals surface area contributed by atoms with Crippen molar-refractivity contribution < 1.29 is 4.79 Å². The summed E-state index contributed by atoms with van der Waals surface area (Å²) >= 11 is 0. The summed E-state index contributed by atoms with van der Waals surface area (Å²) in [4.78, 5) is 42.9. The third kappa shape index (κ3) is 3.23. The van der Waals surface area contributed by atoms with E-state index in [4.69, 9.17) is 5.73 Å². The van der Waals surface area contributed by atoms with E-state index >= 15 is 0 Å². The van der Waals surface area contributed by atoms with Crippen LogP contribution in [0.3, 0.4) is 0 Å². The molecule has 3 aromatic heterocycles. The van der Waals surface area contributed by atoms with Gasteiger partial charge in [-0.05, 0) is 54.8 Å². The highest BCUT2D eigenvalue weighted by Crippen LogP contribution is 2.35. The molecule has 4 N–H and O–H groups in total. The molecular weight excluding hydrogens is 428 g/mol. The number of rotatable bonds is 3. The number of hydrogen-bond donors (Lipinski definition) is 3. The van der Waals surface area contributed by atoms with Gasteiger partial charge in [0.1, 0.15) is 0 Å². The minimum Gasteiger partial charge on any atom is -0.396 e. The summed E-state index contributed by atoms with van der Waals surface area (Å²) in [6.45, 7) is 0.695. The fourth-order valence-corrected chi connectivity index (χ4v) is 4.83. The van der Waals surface area contributed by atoms with Gasteiger partial charge in [0.25, 0.3) is 11.5 Å². The number of nitrogens with zero attached hydrogens (tertiary/aromatic N) is 3. The van der Waals surface area contributed by atoms with E-state index < -0.39 is 0 Å². The fourth-order valence-electron chi connectivity index (χ4n) is 4.83. The molecule has 0 saturated carbocycles. The molecule has 1 atom stereocenters. The Balaban J connectivity index is 1.39. The number of aromatic amines is 2. The number of amides is 1. The number of nitrogens with one attached hydrogen (secondary N) is 2. The Morgan fingerprint density at radius 2 is 1.94 bits per heavy atom. The number of aromatic nitrogens is 4. The van der Waals surface area contributed by atoms with Crippen LogP contribution in [-0.2, 0) is 0 Å². The monoisotopic (exact) mass is 450 g/mol. The van der Waals surface area contributed by atoms with Gasteiger partial charge in [-0.3, -0.25) is 14.6 Å². The highest BCUT2D eigenvalue weighted by Gasteiger charge is 2.31. The van der Waals surface area contributed by atoms with E-state index in [2.05, 4.69) is 19.9 Å². The van der Waals surface area contributed by atoms with Crippen LogP contribution >= 0.6 is 0 Å². The zero-order valence-corrected chi connectivity index (χ0v) is 18.3. The van der Waals surface area contributed by atoms with Crippen molar-refractivity contribution >= 4 is 33.5 Å². The molecular formula is C26H22N6O2. The quantitative estimate of drug-likeness (QED) is 0.383. The van der Waals surface area contributed by atoms with E-state index in [1.54, 1.807) is 24.4 Å². The molecule has 0 radical (unpaired) electrons. The average Bonchev–Trinajstić information content (AvgIpc) is 3.49. The number of anilines is 1. The number of hydrogen-bond acceptors (Lipinski definition) is 5. The highest BCUT2D eigenvalue weighted by atomic mass is 16.2. The van der Waals surface area contributed by atoms with E-state index in [-0.39, 0.29) is 23.2 Å². The molecule has 1 aliphatic heterocycles. The van der Waals surface area contributed by atoms with E-state index in [1.807, 2.05) is 47.5 Å². The molecule has 1 saturated heterocycles. The molecule has 0 bridgehead atoms. The predicted octanol–water partition coefficient (Wildman–Crippen LogP) is 4.03. The Morgan fingerprint density at radius 3 is 2.79 bits per heavy atom. The van der Waals surface area contributed by atoms with Crippen molar-refractivity contribution in [2.45, 2.75) is 18.9 Å². The van der Waals surface area contributed by atoms with Crippen LogP contribution in [0.1, 0.15) is 34.8 Å². The van der Waals surface area contributed by atoms with Crippen LogP contribution in [0.4, 0.5) is 5.69 Å². The largest absolute Gasteiger partial charge is 0.396 e. The number of fused-ring (bicyclic) bond motifs is 2. The van der Waals surface area contributed by atoms with E-state index in [0.717, 1.165) is 23.9 Å². The van der Waals surface area contributed by atoms with E-state index in [0.29, 0.717) is 39.9 Å². The van der Waals surface area contributed by atoms with Crippen LogP contribution in [0.25, 0.3) is 33.3 Å². The number of nitrogen functional groups attached to an aromatic ring is 1. The number of pyridine rings is 1. The second-order valence-electron chi connectivity index (χ2n) is 8.55. The Hall–Kier alpha value is -4.46. The first kappa shape index (κ1) is 20.2. The molecule has 0 aliphatic carbocycles. The molecule has 1 fully saturated rings. The Bertz CT molecular complexity index is 1600. The number of para-hydroxylation sites is 2. The molecule has 5 aromatic rings. The molecule has 4 heterocycles. The maximum absolute atomic E-state index is 13.5. The van der Waals surface area contributed by atoms with E-state index in [9.17, 15) is 9.59 Å². The molecule has 2 aromatic carbocycles. The van der Waals surface area contributed by atoms with E-state index in [1.165, 1.54) is 0 Å². The lowest BCUT2D eigenvalue weighted by Crippen LogP contribution is -2.30. The Labute approximate surface area is 194 Å². The maximum Gasteiger partial charge on any atom is 0.276 e. The number of carbonyl (C=O) groups is 1. The van der Waals surface area contributed by atoms with Gasteiger partial charge in [-0.2, -0.15) is 0 Å². The van der Waals surface area contributed by atoms with Crippen molar-refractivity contribution in [2.75, 3.05) is 12.3 Å². The number of carbonyl (C=O) groups excluding carboxylic acids is 1. The molecule has 168 valence electrons. The lowest BCUT2D eigenvalue weighted by Gasteiger charge is -2.25. The van der Waals surface area contributed by atoms with Crippen LogP contribution < -0.4 is 11.3 Å². The summed E-state index contributed by atoms with van der Waals surface area (Å²) in [5.41, 5.74) is 10.9. The maximum atomic E-state index is 13.5. The summed E-state index contributed by atoms with van der Waals surface area (Å²) in [7, 11) is 0. The van der Waals surface area contributed by atoms with Crippen LogP contribution in [0, 0.1) is 0 Å². The molecule has 34 heavy (non-hydrogen) atoms. The topological polar surface area (TPSA) is 121 Å². The van der Waals surface area contributed by atoms with Gasteiger partial charge in [0, 0.05) is 35.4 Å². The molecule has 1 aliphatic rings. The van der Waals surface area contributed by atoms with Gasteiger partial charge in [0.2, 0.25) is 0 Å². The summed E-state index contributed by atoms with van der Waals surface area (Å²) in [6.07, 6.45) is 5.41. The second-order valence-corrected chi connectivity index (χ2v) is 8.55. The van der Waals surface area contributed by atoms with Crippen molar-refractivity contribution in [3.63, 3.8) is 0 Å². The lowest BCUT2D eigenvalue weighted by molar-refractivity contribution is 0.0735. The predicted molar refractivity (Wildman–Crippen MR) is 131 cm³/mol. The van der Waals surface area contributed by atoms with Crippen LogP contribution in [0.15, 0.2) is 71.8 Å². The first-order valence-corrected chi connectivity index (χ1v) is 11.2. The van der Waals surface area contributed by atoms with Crippen LogP contribution in [0.2, 0.25) is 0 Å². The normalized spacial score (nSPS) is 15.9. The number of nitrogens with two attached hydrogens (primary N) is 1. The van der Waals surface area contributed by atoms with Crippen LogP contribution in [-0.4, -0.2) is 37.3 Å².